The molecule has 0 aliphatic carbocycles. The van der Waals surface area contributed by atoms with E-state index in [4.69, 9.17) is 0 Å². The molecule has 1 aliphatic rings. The summed E-state index contributed by atoms with van der Waals surface area (Å²) in [4.78, 5) is 37.7. The monoisotopic (exact) mass is 526 g/mol. The summed E-state index contributed by atoms with van der Waals surface area (Å²) >= 11 is 0. The number of aldehydes is 1. The zero-order chi connectivity index (χ0) is 27.5. The molecule has 204 valence electrons. The second-order valence-electron chi connectivity index (χ2n) is 10.5. The number of benzene rings is 3. The summed E-state index contributed by atoms with van der Waals surface area (Å²) in [6, 6.07) is 26.7. The number of rotatable bonds is 12. The van der Waals surface area contributed by atoms with Crippen molar-refractivity contribution in [2.24, 2.45) is 11.8 Å². The summed E-state index contributed by atoms with van der Waals surface area (Å²) in [5.74, 6) is -1.83. The van der Waals surface area contributed by atoms with Gasteiger partial charge in [-0.2, -0.15) is 0 Å². The average Bonchev–Trinajstić information content (AvgIpc) is 3.20. The molecule has 3 aromatic rings. The number of carboxylic acids is 1. The maximum Gasteiger partial charge on any atom is 0.306 e. The number of carboxylic acid groups (broad SMARTS) is 1. The van der Waals surface area contributed by atoms with Crippen molar-refractivity contribution in [3.8, 4) is 0 Å². The fraction of sp³-hybridized carbons (Fsp3) is 0.364. The molecule has 39 heavy (non-hydrogen) atoms. The highest BCUT2D eigenvalue weighted by molar-refractivity contribution is 5.80. The SMILES string of the molecule is O=Cc1ccccc1C1NCCCCC1NC(=O)[C@H](CC[C@H](Cc1ccccc1)C(=O)O)Cc1ccccc1. The van der Waals surface area contributed by atoms with Gasteiger partial charge in [-0.15, -0.1) is 0 Å². The Morgan fingerprint density at radius 1 is 0.846 bits per heavy atom. The molecule has 0 radical (unpaired) electrons. The Bertz CT molecular complexity index is 1210. The van der Waals surface area contributed by atoms with Gasteiger partial charge in [0.1, 0.15) is 6.29 Å². The third-order valence-corrected chi connectivity index (χ3v) is 7.73. The van der Waals surface area contributed by atoms with Crippen molar-refractivity contribution in [2.45, 2.75) is 57.0 Å². The number of nitrogens with one attached hydrogen (secondary N) is 2. The quantitative estimate of drug-likeness (QED) is 0.275. The molecule has 4 rings (SSSR count). The van der Waals surface area contributed by atoms with Crippen LogP contribution in [0.2, 0.25) is 0 Å². The lowest BCUT2D eigenvalue weighted by Crippen LogP contribution is -2.46. The average molecular weight is 527 g/mol. The van der Waals surface area contributed by atoms with Crippen LogP contribution >= 0.6 is 0 Å². The van der Waals surface area contributed by atoms with E-state index >= 15 is 0 Å². The lowest BCUT2D eigenvalue weighted by atomic mass is 9.87. The van der Waals surface area contributed by atoms with E-state index in [0.29, 0.717) is 31.2 Å². The number of aliphatic carboxylic acids is 1. The molecule has 4 atom stereocenters. The van der Waals surface area contributed by atoms with E-state index in [1.54, 1.807) is 0 Å². The van der Waals surface area contributed by atoms with Gasteiger partial charge < -0.3 is 15.7 Å². The second-order valence-corrected chi connectivity index (χ2v) is 10.5. The molecule has 1 heterocycles. The molecule has 0 bridgehead atoms. The van der Waals surface area contributed by atoms with Crippen LogP contribution in [0.1, 0.15) is 65.2 Å². The van der Waals surface area contributed by atoms with Gasteiger partial charge in [0, 0.05) is 17.5 Å². The van der Waals surface area contributed by atoms with Crippen LogP contribution in [0.5, 0.6) is 0 Å². The Kier molecular flexibility index (Phi) is 10.4. The van der Waals surface area contributed by atoms with Crippen LogP contribution in [-0.4, -0.2) is 35.9 Å². The Labute approximate surface area is 230 Å². The van der Waals surface area contributed by atoms with Crippen molar-refractivity contribution in [1.82, 2.24) is 10.6 Å². The Morgan fingerprint density at radius 3 is 2.08 bits per heavy atom. The number of carbonyl (C=O) groups excluding carboxylic acids is 2. The van der Waals surface area contributed by atoms with E-state index in [-0.39, 0.29) is 23.9 Å². The molecule has 0 aromatic heterocycles. The maximum atomic E-state index is 13.8. The molecular formula is C33H38N2O4. The van der Waals surface area contributed by atoms with Crippen molar-refractivity contribution < 1.29 is 19.5 Å². The van der Waals surface area contributed by atoms with Gasteiger partial charge in [-0.1, -0.05) is 91.3 Å². The molecule has 1 amide bonds. The fourth-order valence-electron chi connectivity index (χ4n) is 5.58. The first-order valence-electron chi connectivity index (χ1n) is 13.9. The van der Waals surface area contributed by atoms with Crippen LogP contribution in [0, 0.1) is 11.8 Å². The lowest BCUT2D eigenvalue weighted by molar-refractivity contribution is -0.142. The lowest BCUT2D eigenvalue weighted by Gasteiger charge is -2.30. The predicted molar refractivity (Wildman–Crippen MR) is 152 cm³/mol. The normalized spacial score (nSPS) is 18.9. The molecule has 1 saturated heterocycles. The van der Waals surface area contributed by atoms with E-state index in [1.165, 1.54) is 0 Å². The maximum absolute atomic E-state index is 13.8. The van der Waals surface area contributed by atoms with Crippen LogP contribution in [0.4, 0.5) is 0 Å². The first-order valence-corrected chi connectivity index (χ1v) is 13.9. The highest BCUT2D eigenvalue weighted by Crippen LogP contribution is 2.27. The van der Waals surface area contributed by atoms with Crippen molar-refractivity contribution in [3.63, 3.8) is 0 Å². The van der Waals surface area contributed by atoms with E-state index in [9.17, 15) is 19.5 Å². The van der Waals surface area contributed by atoms with Gasteiger partial charge in [0.05, 0.1) is 12.0 Å². The second kappa shape index (κ2) is 14.4. The topological polar surface area (TPSA) is 95.5 Å². The molecule has 6 nitrogen and oxygen atoms in total. The van der Waals surface area contributed by atoms with E-state index in [1.807, 2.05) is 84.9 Å². The first kappa shape index (κ1) is 28.2. The molecule has 1 aliphatic heterocycles. The van der Waals surface area contributed by atoms with E-state index in [2.05, 4.69) is 10.6 Å². The molecule has 0 saturated carbocycles. The number of hydrogen-bond donors (Lipinski definition) is 3. The van der Waals surface area contributed by atoms with Gasteiger partial charge in [-0.3, -0.25) is 14.4 Å². The van der Waals surface area contributed by atoms with Crippen LogP contribution in [-0.2, 0) is 22.4 Å². The molecule has 0 spiro atoms. The van der Waals surface area contributed by atoms with Crippen LogP contribution in [0.25, 0.3) is 0 Å². The van der Waals surface area contributed by atoms with Gasteiger partial charge in [0.2, 0.25) is 5.91 Å². The van der Waals surface area contributed by atoms with E-state index in [0.717, 1.165) is 48.8 Å². The third kappa shape index (κ3) is 8.11. The molecular weight excluding hydrogens is 488 g/mol. The minimum Gasteiger partial charge on any atom is -0.481 e. The molecule has 6 heteroatoms. The van der Waals surface area contributed by atoms with Crippen molar-refractivity contribution in [3.05, 3.63) is 107 Å². The number of carbonyl (C=O) groups is 3. The Hall–Kier alpha value is -3.77. The van der Waals surface area contributed by atoms with Crippen molar-refractivity contribution in [2.75, 3.05) is 6.54 Å². The molecule has 3 aromatic carbocycles. The fourth-order valence-corrected chi connectivity index (χ4v) is 5.58. The highest BCUT2D eigenvalue weighted by atomic mass is 16.4. The smallest absolute Gasteiger partial charge is 0.306 e. The summed E-state index contributed by atoms with van der Waals surface area (Å²) in [7, 11) is 0. The van der Waals surface area contributed by atoms with Gasteiger partial charge >= 0.3 is 5.97 Å². The Balaban J connectivity index is 1.52. The summed E-state index contributed by atoms with van der Waals surface area (Å²) in [6.45, 7) is 0.817. The summed E-state index contributed by atoms with van der Waals surface area (Å²) < 4.78 is 0. The molecule has 2 unspecified atom stereocenters. The summed E-state index contributed by atoms with van der Waals surface area (Å²) in [6.07, 6.45) is 5.51. The van der Waals surface area contributed by atoms with Gasteiger partial charge in [0.25, 0.3) is 0 Å². The number of amides is 1. The standard InChI is InChI=1S/C33H38N2O4/c36-23-28-15-7-8-16-29(28)31-30(17-9-10-20-34-31)35-32(37)26(21-24-11-3-1-4-12-24)18-19-27(33(38)39)22-25-13-5-2-6-14-25/h1-8,11-16,23,26-27,30-31,34H,9-10,17-22H2,(H,35,37)(H,38,39)/t26-,27-,30?,31?/m1/s1. The van der Waals surface area contributed by atoms with Gasteiger partial charge in [0.15, 0.2) is 0 Å². The zero-order valence-electron chi connectivity index (χ0n) is 22.3. The summed E-state index contributed by atoms with van der Waals surface area (Å²) in [5.41, 5.74) is 3.56. The zero-order valence-corrected chi connectivity index (χ0v) is 22.3. The highest BCUT2D eigenvalue weighted by Gasteiger charge is 2.31. The predicted octanol–water partition coefficient (Wildman–Crippen LogP) is 5.38. The minimum atomic E-state index is -0.837. The van der Waals surface area contributed by atoms with Crippen molar-refractivity contribution in [1.29, 1.82) is 0 Å². The van der Waals surface area contributed by atoms with Crippen molar-refractivity contribution >= 4 is 18.2 Å². The Morgan fingerprint density at radius 2 is 1.44 bits per heavy atom. The van der Waals surface area contributed by atoms with Gasteiger partial charge in [-0.05, 0) is 61.8 Å². The largest absolute Gasteiger partial charge is 0.481 e. The first-order chi connectivity index (χ1) is 19.0. The van der Waals surface area contributed by atoms with Crippen LogP contribution in [0.15, 0.2) is 84.9 Å². The van der Waals surface area contributed by atoms with Crippen LogP contribution in [0.3, 0.4) is 0 Å². The molecule has 1 fully saturated rings. The van der Waals surface area contributed by atoms with Gasteiger partial charge in [-0.25, -0.2) is 0 Å². The van der Waals surface area contributed by atoms with E-state index < -0.39 is 11.9 Å². The summed E-state index contributed by atoms with van der Waals surface area (Å²) in [5, 5.41) is 16.8. The molecule has 3 N–H and O–H groups in total. The third-order valence-electron chi connectivity index (χ3n) is 7.73. The minimum absolute atomic E-state index is 0.0648. The van der Waals surface area contributed by atoms with Crippen LogP contribution < -0.4 is 10.6 Å². The number of hydrogen-bond acceptors (Lipinski definition) is 4.